The first-order chi connectivity index (χ1) is 9.49. The predicted molar refractivity (Wildman–Crippen MR) is 82.8 cm³/mol. The molecular formula is C15H21FN2OS. The number of rotatable bonds is 3. The number of amides is 1. The average Bonchev–Trinajstić information content (AvgIpc) is 2.46. The molecule has 110 valence electrons. The first kappa shape index (κ1) is 15.2. The molecule has 1 amide bonds. The van der Waals surface area contributed by atoms with Gasteiger partial charge in [-0.1, -0.05) is 13.8 Å². The molecular weight excluding hydrogens is 275 g/mol. The maximum atomic E-state index is 12.9. The lowest BCUT2D eigenvalue weighted by atomic mass is 10.1. The molecule has 2 rings (SSSR count). The third-order valence-electron chi connectivity index (χ3n) is 3.67. The molecule has 1 heterocycles. The van der Waals surface area contributed by atoms with Crippen molar-refractivity contribution in [1.82, 2.24) is 4.90 Å². The Labute approximate surface area is 125 Å². The van der Waals surface area contributed by atoms with Gasteiger partial charge in [0.15, 0.2) is 0 Å². The van der Waals surface area contributed by atoms with Crippen LogP contribution in [0.4, 0.5) is 10.1 Å². The van der Waals surface area contributed by atoms with Gasteiger partial charge in [-0.15, -0.1) is 0 Å². The third kappa shape index (κ3) is 3.45. The maximum absolute atomic E-state index is 12.9. The number of nitrogens with zero attached hydrogens (tertiary/aromatic N) is 2. The Morgan fingerprint density at radius 2 is 1.70 bits per heavy atom. The number of carbonyl (C=O) groups excluding carboxylic acids is 1. The summed E-state index contributed by atoms with van der Waals surface area (Å²) in [6.07, 6.45) is 0. The van der Waals surface area contributed by atoms with Crippen LogP contribution in [0.25, 0.3) is 0 Å². The minimum Gasteiger partial charge on any atom is -0.368 e. The van der Waals surface area contributed by atoms with Crippen molar-refractivity contribution in [2.75, 3.05) is 31.1 Å². The number of benzene rings is 1. The Morgan fingerprint density at radius 1 is 1.15 bits per heavy atom. The Morgan fingerprint density at radius 3 is 2.20 bits per heavy atom. The van der Waals surface area contributed by atoms with Gasteiger partial charge in [-0.05, 0) is 30.2 Å². The molecule has 1 unspecified atom stereocenters. The van der Waals surface area contributed by atoms with Crippen LogP contribution >= 0.6 is 12.6 Å². The van der Waals surface area contributed by atoms with Crippen LogP contribution in [0.5, 0.6) is 0 Å². The van der Waals surface area contributed by atoms with E-state index in [4.69, 9.17) is 0 Å². The fourth-order valence-corrected chi connectivity index (χ4v) is 2.47. The van der Waals surface area contributed by atoms with Gasteiger partial charge < -0.3 is 9.80 Å². The summed E-state index contributed by atoms with van der Waals surface area (Å²) in [6.45, 7) is 6.95. The van der Waals surface area contributed by atoms with Crippen LogP contribution in [0, 0.1) is 11.7 Å². The molecule has 1 aliphatic heterocycles. The first-order valence-corrected chi connectivity index (χ1v) is 7.48. The summed E-state index contributed by atoms with van der Waals surface area (Å²) in [5.41, 5.74) is 1.00. The standard InChI is InChI=1S/C15H21FN2OS/c1-11(2)14(20)15(19)18-9-7-17(8-10-18)13-5-3-12(16)4-6-13/h3-6,11,14,20H,7-10H2,1-2H3. The lowest BCUT2D eigenvalue weighted by molar-refractivity contribution is -0.131. The molecule has 0 aliphatic carbocycles. The third-order valence-corrected chi connectivity index (χ3v) is 4.48. The lowest BCUT2D eigenvalue weighted by Crippen LogP contribution is -2.51. The van der Waals surface area contributed by atoms with Gasteiger partial charge in [-0.2, -0.15) is 12.6 Å². The molecule has 3 nitrogen and oxygen atoms in total. The average molecular weight is 296 g/mol. The number of carbonyl (C=O) groups is 1. The highest BCUT2D eigenvalue weighted by Crippen LogP contribution is 2.19. The lowest BCUT2D eigenvalue weighted by Gasteiger charge is -2.37. The van der Waals surface area contributed by atoms with E-state index in [0.717, 1.165) is 18.8 Å². The molecule has 1 aliphatic rings. The van der Waals surface area contributed by atoms with Crippen LogP contribution < -0.4 is 4.90 Å². The number of anilines is 1. The molecule has 0 aromatic heterocycles. The summed E-state index contributed by atoms with van der Waals surface area (Å²) in [6, 6.07) is 6.50. The molecule has 5 heteroatoms. The fourth-order valence-electron chi connectivity index (χ4n) is 2.31. The molecule has 1 fully saturated rings. The highest BCUT2D eigenvalue weighted by molar-refractivity contribution is 7.81. The van der Waals surface area contributed by atoms with Crippen molar-refractivity contribution in [3.05, 3.63) is 30.1 Å². The Hall–Kier alpha value is -1.23. The first-order valence-electron chi connectivity index (χ1n) is 6.96. The summed E-state index contributed by atoms with van der Waals surface area (Å²) in [5, 5.41) is -0.229. The zero-order chi connectivity index (χ0) is 14.7. The highest BCUT2D eigenvalue weighted by atomic mass is 32.1. The number of hydrogen-bond acceptors (Lipinski definition) is 3. The summed E-state index contributed by atoms with van der Waals surface area (Å²) < 4.78 is 12.9. The topological polar surface area (TPSA) is 23.6 Å². The van der Waals surface area contributed by atoms with Gasteiger partial charge in [0, 0.05) is 31.9 Å². The number of piperazine rings is 1. The minimum absolute atomic E-state index is 0.113. The second-order valence-electron chi connectivity index (χ2n) is 5.48. The van der Waals surface area contributed by atoms with Gasteiger partial charge in [0.2, 0.25) is 5.91 Å². The molecule has 1 aromatic rings. The van der Waals surface area contributed by atoms with Crippen molar-refractivity contribution in [3.8, 4) is 0 Å². The smallest absolute Gasteiger partial charge is 0.235 e. The molecule has 0 N–H and O–H groups in total. The fraction of sp³-hybridized carbons (Fsp3) is 0.533. The number of halogens is 1. The van der Waals surface area contributed by atoms with E-state index in [9.17, 15) is 9.18 Å². The zero-order valence-corrected chi connectivity index (χ0v) is 12.8. The summed E-state index contributed by atoms with van der Waals surface area (Å²) in [7, 11) is 0. The van der Waals surface area contributed by atoms with Gasteiger partial charge in [0.05, 0.1) is 5.25 Å². The predicted octanol–water partition coefficient (Wildman–Crippen LogP) is 2.43. The van der Waals surface area contributed by atoms with Gasteiger partial charge in [-0.25, -0.2) is 4.39 Å². The van der Waals surface area contributed by atoms with Crippen LogP contribution in [0.1, 0.15) is 13.8 Å². The summed E-state index contributed by atoms with van der Waals surface area (Å²) in [4.78, 5) is 16.3. The number of thiol groups is 1. The van der Waals surface area contributed by atoms with Crippen LogP contribution in [-0.4, -0.2) is 42.2 Å². The molecule has 0 saturated carbocycles. The maximum Gasteiger partial charge on any atom is 0.235 e. The van der Waals surface area contributed by atoms with Gasteiger partial charge in [0.1, 0.15) is 5.82 Å². The number of hydrogen-bond donors (Lipinski definition) is 1. The van der Waals surface area contributed by atoms with Crippen molar-refractivity contribution in [2.24, 2.45) is 5.92 Å². The van der Waals surface area contributed by atoms with E-state index in [0.29, 0.717) is 13.1 Å². The monoisotopic (exact) mass is 296 g/mol. The molecule has 0 bridgehead atoms. The minimum atomic E-state index is -0.229. The normalized spacial score (nSPS) is 17.4. The second-order valence-corrected chi connectivity index (χ2v) is 6.03. The summed E-state index contributed by atoms with van der Waals surface area (Å²) >= 11 is 4.39. The van der Waals surface area contributed by atoms with E-state index in [1.165, 1.54) is 12.1 Å². The zero-order valence-electron chi connectivity index (χ0n) is 11.9. The largest absolute Gasteiger partial charge is 0.368 e. The van der Waals surface area contributed by atoms with Crippen molar-refractivity contribution in [3.63, 3.8) is 0 Å². The molecule has 1 atom stereocenters. The van der Waals surface area contributed by atoms with Crippen LogP contribution in [-0.2, 0) is 4.79 Å². The SMILES string of the molecule is CC(C)C(S)C(=O)N1CCN(c2ccc(F)cc2)CC1. The Bertz CT molecular complexity index is 455. The van der Waals surface area contributed by atoms with Gasteiger partial charge in [0.25, 0.3) is 0 Å². The van der Waals surface area contributed by atoms with E-state index in [1.807, 2.05) is 18.7 Å². The van der Waals surface area contributed by atoms with Crippen LogP contribution in [0.3, 0.4) is 0 Å². The van der Waals surface area contributed by atoms with Crippen LogP contribution in [0.2, 0.25) is 0 Å². The van der Waals surface area contributed by atoms with E-state index >= 15 is 0 Å². The van der Waals surface area contributed by atoms with Gasteiger partial charge >= 0.3 is 0 Å². The molecule has 0 radical (unpaired) electrons. The quantitative estimate of drug-likeness (QED) is 0.866. The van der Waals surface area contributed by atoms with Crippen molar-refractivity contribution in [1.29, 1.82) is 0 Å². The highest BCUT2D eigenvalue weighted by Gasteiger charge is 2.27. The Balaban J connectivity index is 1.92. The van der Waals surface area contributed by atoms with Crippen molar-refractivity contribution < 1.29 is 9.18 Å². The van der Waals surface area contributed by atoms with E-state index in [2.05, 4.69) is 17.5 Å². The molecule has 20 heavy (non-hydrogen) atoms. The van der Waals surface area contributed by atoms with Crippen LogP contribution in [0.15, 0.2) is 24.3 Å². The summed E-state index contributed by atoms with van der Waals surface area (Å²) in [5.74, 6) is 0.125. The Kier molecular flexibility index (Phi) is 4.91. The van der Waals surface area contributed by atoms with E-state index in [1.54, 1.807) is 12.1 Å². The molecule has 0 spiro atoms. The molecule has 1 aromatic carbocycles. The van der Waals surface area contributed by atoms with E-state index < -0.39 is 0 Å². The van der Waals surface area contributed by atoms with Crippen molar-refractivity contribution >= 4 is 24.2 Å². The second kappa shape index (κ2) is 6.48. The van der Waals surface area contributed by atoms with Gasteiger partial charge in [-0.3, -0.25) is 4.79 Å². The molecule has 1 saturated heterocycles. The van der Waals surface area contributed by atoms with E-state index in [-0.39, 0.29) is 22.9 Å². The van der Waals surface area contributed by atoms with Crippen molar-refractivity contribution in [2.45, 2.75) is 19.1 Å².